The van der Waals surface area contributed by atoms with Crippen molar-refractivity contribution < 1.29 is 19.4 Å². The molecule has 2 rings (SSSR count). The Bertz CT molecular complexity index is 518. The Hall–Kier alpha value is -1.95. The molecule has 0 aromatic heterocycles. The first kappa shape index (κ1) is 13.5. The van der Waals surface area contributed by atoms with E-state index < -0.39 is 11.5 Å². The van der Waals surface area contributed by atoms with Gasteiger partial charge in [-0.25, -0.2) is 4.79 Å². The lowest BCUT2D eigenvalue weighted by molar-refractivity contribution is -0.144. The van der Waals surface area contributed by atoms with Crippen molar-refractivity contribution in [3.63, 3.8) is 0 Å². The number of hydrogen-bond donors (Lipinski definition) is 2. The molecule has 0 radical (unpaired) electrons. The second-order valence-corrected chi connectivity index (χ2v) is 4.67. The second kappa shape index (κ2) is 4.62. The summed E-state index contributed by atoms with van der Waals surface area (Å²) >= 11 is 0. The van der Waals surface area contributed by atoms with Gasteiger partial charge in [-0.1, -0.05) is 0 Å². The van der Waals surface area contributed by atoms with Crippen LogP contribution in [0.1, 0.15) is 12.0 Å². The van der Waals surface area contributed by atoms with Gasteiger partial charge in [0, 0.05) is 25.2 Å². The van der Waals surface area contributed by atoms with Crippen LogP contribution in [0.15, 0.2) is 12.1 Å². The van der Waals surface area contributed by atoms with Gasteiger partial charge in [0.05, 0.1) is 19.9 Å². The number of nitrogens with two attached hydrogens (primary N) is 1. The van der Waals surface area contributed by atoms with Crippen molar-refractivity contribution in [2.75, 3.05) is 32.7 Å². The average molecular weight is 266 g/mol. The first-order valence-corrected chi connectivity index (χ1v) is 5.94. The van der Waals surface area contributed by atoms with Crippen molar-refractivity contribution in [2.45, 2.75) is 12.0 Å². The lowest BCUT2D eigenvalue weighted by Gasteiger charge is -2.38. The van der Waals surface area contributed by atoms with Crippen molar-refractivity contribution >= 4 is 11.7 Å². The molecule has 1 atom stereocenters. The van der Waals surface area contributed by atoms with Crippen LogP contribution < -0.4 is 20.1 Å². The van der Waals surface area contributed by atoms with E-state index in [-0.39, 0.29) is 0 Å². The van der Waals surface area contributed by atoms with Crippen LogP contribution >= 0.6 is 0 Å². The monoisotopic (exact) mass is 266 g/mol. The third kappa shape index (κ3) is 1.98. The Labute approximate surface area is 111 Å². The van der Waals surface area contributed by atoms with Gasteiger partial charge < -0.3 is 25.2 Å². The SMILES string of the molecule is COc1cc(OC)c2c(c1)C(N)(C(=O)O)CCN2C. The van der Waals surface area contributed by atoms with Crippen LogP contribution in [0.2, 0.25) is 0 Å². The van der Waals surface area contributed by atoms with Crippen molar-refractivity contribution in [3.05, 3.63) is 17.7 Å². The Morgan fingerprint density at radius 2 is 2.11 bits per heavy atom. The normalized spacial score (nSPS) is 21.8. The standard InChI is InChI=1S/C13H18N2O4/c1-15-5-4-13(14,12(16)17)9-6-8(18-2)7-10(19-3)11(9)15/h6-7H,4-5,14H2,1-3H3,(H,16,17). The average Bonchev–Trinajstić information content (AvgIpc) is 2.41. The lowest BCUT2D eigenvalue weighted by atomic mass is 9.82. The zero-order chi connectivity index (χ0) is 14.2. The van der Waals surface area contributed by atoms with Crippen LogP contribution in [0.25, 0.3) is 0 Å². The van der Waals surface area contributed by atoms with Crippen molar-refractivity contribution in [2.24, 2.45) is 5.73 Å². The van der Waals surface area contributed by atoms with Gasteiger partial charge in [-0.15, -0.1) is 0 Å². The zero-order valence-corrected chi connectivity index (χ0v) is 11.3. The molecule has 1 aromatic carbocycles. The minimum Gasteiger partial charge on any atom is -0.497 e. The number of aliphatic carboxylic acids is 1. The fraction of sp³-hybridized carbons (Fsp3) is 0.462. The molecule has 1 aliphatic rings. The molecule has 6 heteroatoms. The van der Waals surface area contributed by atoms with Gasteiger partial charge in [-0.2, -0.15) is 0 Å². The predicted molar refractivity (Wildman–Crippen MR) is 70.9 cm³/mol. The van der Waals surface area contributed by atoms with Crippen LogP contribution in [0.4, 0.5) is 5.69 Å². The van der Waals surface area contributed by atoms with Gasteiger partial charge in [0.25, 0.3) is 0 Å². The maximum absolute atomic E-state index is 11.5. The summed E-state index contributed by atoms with van der Waals surface area (Å²) < 4.78 is 10.5. The van der Waals surface area contributed by atoms with E-state index in [2.05, 4.69) is 0 Å². The first-order chi connectivity index (χ1) is 8.93. The summed E-state index contributed by atoms with van der Waals surface area (Å²) in [5, 5.41) is 9.43. The molecule has 0 saturated carbocycles. The van der Waals surface area contributed by atoms with Gasteiger partial charge in [-0.3, -0.25) is 0 Å². The van der Waals surface area contributed by atoms with Crippen LogP contribution in [-0.4, -0.2) is 38.9 Å². The Kier molecular flexibility index (Phi) is 3.28. The largest absolute Gasteiger partial charge is 0.497 e. The van der Waals surface area contributed by atoms with E-state index in [1.54, 1.807) is 12.1 Å². The first-order valence-electron chi connectivity index (χ1n) is 5.94. The molecule has 0 fully saturated rings. The summed E-state index contributed by atoms with van der Waals surface area (Å²) in [4.78, 5) is 13.5. The van der Waals surface area contributed by atoms with E-state index in [0.717, 1.165) is 0 Å². The number of hydrogen-bond acceptors (Lipinski definition) is 5. The van der Waals surface area contributed by atoms with E-state index in [1.165, 1.54) is 14.2 Å². The van der Waals surface area contributed by atoms with Gasteiger partial charge in [0.2, 0.25) is 0 Å². The molecule has 0 aliphatic carbocycles. The van der Waals surface area contributed by atoms with Crippen LogP contribution in [0.3, 0.4) is 0 Å². The van der Waals surface area contributed by atoms with Gasteiger partial charge in [0.1, 0.15) is 17.0 Å². The molecule has 0 saturated heterocycles. The molecule has 1 aromatic rings. The molecule has 1 heterocycles. The van der Waals surface area contributed by atoms with Crippen LogP contribution in [0.5, 0.6) is 11.5 Å². The summed E-state index contributed by atoms with van der Waals surface area (Å²) in [7, 11) is 4.94. The molecule has 19 heavy (non-hydrogen) atoms. The highest BCUT2D eigenvalue weighted by molar-refractivity contribution is 5.86. The van der Waals surface area contributed by atoms with Gasteiger partial charge in [-0.05, 0) is 12.5 Å². The highest BCUT2D eigenvalue weighted by Gasteiger charge is 2.43. The lowest BCUT2D eigenvalue weighted by Crippen LogP contribution is -2.51. The number of anilines is 1. The highest BCUT2D eigenvalue weighted by Crippen LogP contribution is 2.44. The minimum atomic E-state index is -1.41. The smallest absolute Gasteiger partial charge is 0.328 e. The van der Waals surface area contributed by atoms with E-state index in [4.69, 9.17) is 15.2 Å². The summed E-state index contributed by atoms with van der Waals surface area (Å²) in [5.74, 6) is 0.0479. The molecule has 104 valence electrons. The third-order valence-corrected chi connectivity index (χ3v) is 3.59. The maximum Gasteiger partial charge on any atom is 0.328 e. The van der Waals surface area contributed by atoms with E-state index >= 15 is 0 Å². The van der Waals surface area contributed by atoms with Crippen molar-refractivity contribution in [1.82, 2.24) is 0 Å². The number of nitrogens with zero attached hydrogens (tertiary/aromatic N) is 1. The van der Waals surface area contributed by atoms with Crippen molar-refractivity contribution in [3.8, 4) is 11.5 Å². The Balaban J connectivity index is 2.72. The fourth-order valence-electron chi connectivity index (χ4n) is 2.40. The number of rotatable bonds is 3. The molecule has 6 nitrogen and oxygen atoms in total. The van der Waals surface area contributed by atoms with E-state index in [9.17, 15) is 9.90 Å². The molecule has 1 unspecified atom stereocenters. The van der Waals surface area contributed by atoms with Crippen LogP contribution in [0, 0.1) is 0 Å². The number of carboxylic acids is 1. The molecular weight excluding hydrogens is 248 g/mol. The molecule has 3 N–H and O–H groups in total. The molecule has 0 spiro atoms. The minimum absolute atomic E-state index is 0.335. The number of ether oxygens (including phenoxy) is 2. The van der Waals surface area contributed by atoms with Gasteiger partial charge in [0.15, 0.2) is 0 Å². The molecular formula is C13H18N2O4. The second-order valence-electron chi connectivity index (χ2n) is 4.67. The van der Waals surface area contributed by atoms with E-state index in [1.807, 2.05) is 11.9 Å². The molecule has 1 aliphatic heterocycles. The van der Waals surface area contributed by atoms with Crippen molar-refractivity contribution in [1.29, 1.82) is 0 Å². The van der Waals surface area contributed by atoms with Gasteiger partial charge >= 0.3 is 5.97 Å². The maximum atomic E-state index is 11.5. The fourth-order valence-corrected chi connectivity index (χ4v) is 2.40. The number of benzene rings is 1. The Morgan fingerprint density at radius 1 is 1.42 bits per heavy atom. The van der Waals surface area contributed by atoms with Crippen LogP contribution in [-0.2, 0) is 10.3 Å². The molecule has 0 bridgehead atoms. The zero-order valence-electron chi connectivity index (χ0n) is 11.3. The topological polar surface area (TPSA) is 85.0 Å². The van der Waals surface area contributed by atoms with E-state index in [0.29, 0.717) is 35.7 Å². The summed E-state index contributed by atoms with van der Waals surface area (Å²) in [6.45, 7) is 0.554. The summed E-state index contributed by atoms with van der Waals surface area (Å²) in [6, 6.07) is 3.39. The summed E-state index contributed by atoms with van der Waals surface area (Å²) in [6.07, 6.45) is 0.335. The highest BCUT2D eigenvalue weighted by atomic mass is 16.5. The number of carbonyl (C=O) groups is 1. The number of carboxylic acid groups (broad SMARTS) is 1. The molecule has 0 amide bonds. The number of fused-ring (bicyclic) bond motifs is 1. The summed E-state index contributed by atoms with van der Waals surface area (Å²) in [5.41, 5.74) is 5.90. The Morgan fingerprint density at radius 3 is 2.63 bits per heavy atom. The third-order valence-electron chi connectivity index (χ3n) is 3.59. The predicted octanol–water partition coefficient (Wildman–Crippen LogP) is 0.782. The quantitative estimate of drug-likeness (QED) is 0.841. The number of methoxy groups -OCH3 is 2.